The average Bonchev–Trinajstić information content (AvgIpc) is 4.12. The second-order valence-corrected chi connectivity index (χ2v) is 17.0. The van der Waals surface area contributed by atoms with E-state index in [-0.39, 0.29) is 41.8 Å². The lowest BCUT2D eigenvalue weighted by molar-refractivity contribution is -0.139. The van der Waals surface area contributed by atoms with E-state index in [0.717, 1.165) is 88.3 Å². The van der Waals surface area contributed by atoms with E-state index >= 15 is 0 Å². The minimum absolute atomic E-state index is 0.0919. The van der Waals surface area contributed by atoms with Crippen LogP contribution in [0.2, 0.25) is 0 Å². The number of nitrogens with zero attached hydrogens (tertiary/aromatic N) is 4. The minimum atomic E-state index is -0.689. The van der Waals surface area contributed by atoms with Gasteiger partial charge in [0.2, 0.25) is 11.8 Å². The zero-order valence-corrected chi connectivity index (χ0v) is 35.0. The number of nitrogens with one attached hydrogen (secondary N) is 4. The molecule has 3 aromatic carbocycles. The van der Waals surface area contributed by atoms with Crippen LogP contribution < -0.4 is 10.6 Å². The molecular formula is C46H54N8O6. The number of carbonyl (C=O) groups excluding carboxylic acids is 4. The van der Waals surface area contributed by atoms with Crippen LogP contribution >= 0.6 is 0 Å². The lowest BCUT2D eigenvalue weighted by Crippen LogP contribution is -2.54. The zero-order chi connectivity index (χ0) is 42.2. The summed E-state index contributed by atoms with van der Waals surface area (Å²) in [7, 11) is 2.60. The lowest BCUT2D eigenvalue weighted by atomic mass is 9.95. The fraction of sp³-hybridized carbons (Fsp3) is 0.435. The SMILES string of the molecule is COC(=O)N[C@H](C(=O)N1CCC[C@H]1c1nc2ccc(-c3ccc(-c4ccc(-c5cnc([C@@H]6[C@H]7CC[C@H](C7)N6C(=O)[C@@H](NC(=O)OC)C(C)C)[nH]5)cc4)cc3)cc2[nH]1)C(C)C. The first kappa shape index (κ1) is 40.6. The number of aromatic nitrogens is 4. The summed E-state index contributed by atoms with van der Waals surface area (Å²) in [6.45, 7) is 8.27. The Morgan fingerprint density at radius 1 is 0.717 bits per heavy atom. The van der Waals surface area contributed by atoms with Crippen molar-refractivity contribution in [3.63, 3.8) is 0 Å². The lowest BCUT2D eigenvalue weighted by Gasteiger charge is -2.37. The molecule has 6 atom stereocenters. The number of hydrogen-bond acceptors (Lipinski definition) is 8. The van der Waals surface area contributed by atoms with E-state index in [0.29, 0.717) is 12.5 Å². The molecule has 1 aliphatic carbocycles. The molecule has 14 nitrogen and oxygen atoms in total. The van der Waals surface area contributed by atoms with Crippen molar-refractivity contribution in [2.45, 2.75) is 90.0 Å². The highest BCUT2D eigenvalue weighted by Gasteiger charge is 2.51. The summed E-state index contributed by atoms with van der Waals surface area (Å²) >= 11 is 0. The van der Waals surface area contributed by atoms with Crippen LogP contribution in [-0.2, 0) is 19.1 Å². The Bertz CT molecular complexity index is 2370. The van der Waals surface area contributed by atoms with Crippen molar-refractivity contribution >= 4 is 35.0 Å². The summed E-state index contributed by atoms with van der Waals surface area (Å²) in [5.74, 6) is 1.40. The highest BCUT2D eigenvalue weighted by molar-refractivity contribution is 5.88. The molecule has 14 heteroatoms. The van der Waals surface area contributed by atoms with Gasteiger partial charge >= 0.3 is 12.2 Å². The second kappa shape index (κ2) is 16.8. The van der Waals surface area contributed by atoms with Crippen molar-refractivity contribution in [1.82, 2.24) is 40.4 Å². The Labute approximate surface area is 349 Å². The Kier molecular flexibility index (Phi) is 11.4. The molecule has 3 fully saturated rings. The van der Waals surface area contributed by atoms with Gasteiger partial charge in [0.05, 0.1) is 49.2 Å². The van der Waals surface area contributed by atoms with Crippen LogP contribution in [0.5, 0.6) is 0 Å². The van der Waals surface area contributed by atoms with Gasteiger partial charge in [-0.05, 0) is 89.8 Å². The van der Waals surface area contributed by atoms with Gasteiger partial charge in [-0.25, -0.2) is 19.6 Å². The molecule has 2 saturated heterocycles. The van der Waals surface area contributed by atoms with Crippen molar-refractivity contribution in [3.8, 4) is 33.5 Å². The average molecular weight is 815 g/mol. The van der Waals surface area contributed by atoms with Gasteiger partial charge in [-0.3, -0.25) is 9.59 Å². The molecule has 2 aliphatic heterocycles. The standard InChI is InChI=1S/C46H54N8O6/c1-25(2)38(51-45(57)59-5)43(55)53-21-7-8-37(53)41-48-34-20-18-31(23-35(34)49-41)29-11-9-27(10-12-29)28-13-15-30(16-14-28)36-24-47-42(50-36)40-32-17-19-33(22-32)54(40)44(56)39(26(3)4)52-46(58)60-6/h9-16,18,20,23-26,32-33,37-40H,7-8,17,19,21-22H2,1-6H3,(H,47,50)(H,48,49)(H,51,57)(H,52,58)/t32-,33+,37-,38-,39-,40-/m0/s1. The number of ether oxygens (including phenoxy) is 2. The van der Waals surface area contributed by atoms with Gasteiger partial charge in [-0.2, -0.15) is 0 Å². The van der Waals surface area contributed by atoms with Crippen LogP contribution in [0, 0.1) is 17.8 Å². The number of methoxy groups -OCH3 is 2. The molecule has 0 unspecified atom stereocenters. The van der Waals surface area contributed by atoms with Crippen molar-refractivity contribution in [2.24, 2.45) is 17.8 Å². The molecule has 0 spiro atoms. The number of rotatable bonds is 11. The molecule has 314 valence electrons. The van der Waals surface area contributed by atoms with E-state index in [4.69, 9.17) is 19.4 Å². The van der Waals surface area contributed by atoms with Gasteiger partial charge in [0.1, 0.15) is 23.7 Å². The third kappa shape index (κ3) is 7.82. The molecule has 2 bridgehead atoms. The molecule has 60 heavy (non-hydrogen) atoms. The molecule has 5 aromatic rings. The predicted octanol–water partition coefficient (Wildman–Crippen LogP) is 7.76. The zero-order valence-electron chi connectivity index (χ0n) is 35.0. The number of likely N-dealkylation sites (tertiary alicyclic amines) is 2. The maximum atomic E-state index is 13.9. The Hall–Kier alpha value is -6.18. The highest BCUT2D eigenvalue weighted by Crippen LogP contribution is 2.50. The molecule has 3 aliphatic rings. The van der Waals surface area contributed by atoms with Crippen molar-refractivity contribution < 1.29 is 28.7 Å². The number of carbonyl (C=O) groups is 4. The normalized spacial score (nSPS) is 20.8. The fourth-order valence-corrected chi connectivity index (χ4v) is 9.41. The molecule has 4 heterocycles. The van der Waals surface area contributed by atoms with Gasteiger partial charge in [0, 0.05) is 12.6 Å². The highest BCUT2D eigenvalue weighted by atomic mass is 16.5. The first-order chi connectivity index (χ1) is 28.9. The van der Waals surface area contributed by atoms with Gasteiger partial charge in [-0.1, -0.05) is 82.3 Å². The molecular weight excluding hydrogens is 761 g/mol. The van der Waals surface area contributed by atoms with E-state index in [1.165, 1.54) is 14.2 Å². The number of imidazole rings is 2. The summed E-state index contributed by atoms with van der Waals surface area (Å²) in [5, 5.41) is 5.47. The number of piperidine rings is 1. The number of H-pyrrole nitrogens is 2. The van der Waals surface area contributed by atoms with Crippen LogP contribution in [0.4, 0.5) is 9.59 Å². The van der Waals surface area contributed by atoms with Crippen molar-refractivity contribution in [3.05, 3.63) is 84.6 Å². The van der Waals surface area contributed by atoms with E-state index in [1.807, 2.05) is 49.8 Å². The van der Waals surface area contributed by atoms with Gasteiger partial charge in [-0.15, -0.1) is 0 Å². The quantitative estimate of drug-likeness (QED) is 0.105. The van der Waals surface area contributed by atoms with Crippen molar-refractivity contribution in [2.75, 3.05) is 20.8 Å². The smallest absolute Gasteiger partial charge is 0.407 e. The largest absolute Gasteiger partial charge is 0.453 e. The summed E-state index contributed by atoms with van der Waals surface area (Å²) in [6.07, 6.45) is 5.18. The number of hydrogen-bond donors (Lipinski definition) is 4. The summed E-state index contributed by atoms with van der Waals surface area (Å²) in [5.41, 5.74) is 7.89. The van der Waals surface area contributed by atoms with E-state index in [9.17, 15) is 19.2 Å². The Morgan fingerprint density at radius 2 is 1.30 bits per heavy atom. The topological polar surface area (TPSA) is 175 Å². The first-order valence-corrected chi connectivity index (χ1v) is 21.0. The molecule has 0 radical (unpaired) electrons. The van der Waals surface area contributed by atoms with Gasteiger partial charge in [0.15, 0.2) is 0 Å². The van der Waals surface area contributed by atoms with E-state index in [1.54, 1.807) is 0 Å². The van der Waals surface area contributed by atoms with E-state index < -0.39 is 24.3 Å². The van der Waals surface area contributed by atoms with Crippen molar-refractivity contribution in [1.29, 1.82) is 0 Å². The maximum Gasteiger partial charge on any atom is 0.407 e. The van der Waals surface area contributed by atoms with Crippen LogP contribution in [0.25, 0.3) is 44.5 Å². The maximum absolute atomic E-state index is 13.9. The minimum Gasteiger partial charge on any atom is -0.453 e. The third-order valence-corrected chi connectivity index (χ3v) is 12.6. The fourth-order valence-electron chi connectivity index (χ4n) is 9.41. The summed E-state index contributed by atoms with van der Waals surface area (Å²) < 4.78 is 9.60. The number of aromatic amines is 2. The molecule has 4 amide bonds. The number of fused-ring (bicyclic) bond motifs is 3. The number of amides is 4. The summed E-state index contributed by atoms with van der Waals surface area (Å²) in [6, 6.07) is 21.4. The summed E-state index contributed by atoms with van der Waals surface area (Å²) in [4.78, 5) is 72.2. The number of alkyl carbamates (subject to hydrolysis) is 2. The molecule has 2 aromatic heterocycles. The molecule has 8 rings (SSSR count). The van der Waals surface area contributed by atoms with Gasteiger partial charge in [0.25, 0.3) is 0 Å². The predicted molar refractivity (Wildman–Crippen MR) is 227 cm³/mol. The first-order valence-electron chi connectivity index (χ1n) is 21.0. The van der Waals surface area contributed by atoms with Crippen LogP contribution in [0.15, 0.2) is 72.9 Å². The Balaban J connectivity index is 0.947. The molecule has 4 N–H and O–H groups in total. The molecule has 1 saturated carbocycles. The number of benzene rings is 3. The van der Waals surface area contributed by atoms with Crippen LogP contribution in [0.3, 0.4) is 0 Å². The monoisotopic (exact) mass is 814 g/mol. The second-order valence-electron chi connectivity index (χ2n) is 17.0. The van der Waals surface area contributed by atoms with Crippen LogP contribution in [0.1, 0.15) is 83.5 Å². The van der Waals surface area contributed by atoms with Gasteiger partial charge < -0.3 is 39.9 Å². The Morgan fingerprint density at radius 3 is 1.92 bits per heavy atom. The van der Waals surface area contributed by atoms with E-state index in [2.05, 4.69) is 81.3 Å². The third-order valence-electron chi connectivity index (χ3n) is 12.6. The van der Waals surface area contributed by atoms with Crippen LogP contribution in [-0.4, -0.2) is 92.6 Å².